The number of anilines is 2. The molecule has 2 heterocycles. The molecule has 1 fully saturated rings. The Morgan fingerprint density at radius 2 is 1.93 bits per heavy atom. The first kappa shape index (κ1) is 21.4. The molecule has 0 unspecified atom stereocenters. The molecular formula is C21H27N5O4. The maximum absolute atomic E-state index is 13.1. The first-order valence-corrected chi connectivity index (χ1v) is 10.0. The van der Waals surface area contributed by atoms with Gasteiger partial charge in [-0.25, -0.2) is 4.79 Å². The number of aromatic amines is 1. The molecule has 1 aliphatic rings. The van der Waals surface area contributed by atoms with Gasteiger partial charge in [0.2, 0.25) is 11.8 Å². The van der Waals surface area contributed by atoms with Gasteiger partial charge in [0, 0.05) is 33.1 Å². The smallest absolute Gasteiger partial charge is 0.330 e. The molecule has 1 aromatic heterocycles. The molecule has 0 aliphatic carbocycles. The molecule has 1 aromatic carbocycles. The van der Waals surface area contributed by atoms with Crippen molar-refractivity contribution in [3.8, 4) is 0 Å². The minimum atomic E-state index is -0.716. The van der Waals surface area contributed by atoms with Gasteiger partial charge in [-0.1, -0.05) is 43.7 Å². The Morgan fingerprint density at radius 1 is 1.23 bits per heavy atom. The van der Waals surface area contributed by atoms with Crippen LogP contribution in [0, 0.1) is 5.92 Å². The van der Waals surface area contributed by atoms with Crippen molar-refractivity contribution >= 4 is 23.3 Å². The predicted molar refractivity (Wildman–Crippen MR) is 114 cm³/mol. The molecule has 9 nitrogen and oxygen atoms in total. The first-order chi connectivity index (χ1) is 14.3. The number of carbonyl (C=O) groups is 2. The highest BCUT2D eigenvalue weighted by atomic mass is 16.2. The summed E-state index contributed by atoms with van der Waals surface area (Å²) < 4.78 is 1.27. The van der Waals surface area contributed by atoms with Gasteiger partial charge in [-0.2, -0.15) is 0 Å². The van der Waals surface area contributed by atoms with Gasteiger partial charge in [0.25, 0.3) is 5.56 Å². The highest BCUT2D eigenvalue weighted by molar-refractivity contribution is 6.00. The molecule has 1 aliphatic heterocycles. The molecule has 2 aromatic rings. The maximum Gasteiger partial charge on any atom is 0.330 e. The summed E-state index contributed by atoms with van der Waals surface area (Å²) in [5.41, 5.74) is 5.70. The minimum absolute atomic E-state index is 0.0430. The Kier molecular flexibility index (Phi) is 6.39. The van der Waals surface area contributed by atoms with E-state index in [0.29, 0.717) is 19.5 Å². The summed E-state index contributed by atoms with van der Waals surface area (Å²) in [4.78, 5) is 55.0. The van der Waals surface area contributed by atoms with Gasteiger partial charge in [0.05, 0.1) is 5.92 Å². The van der Waals surface area contributed by atoms with E-state index >= 15 is 0 Å². The van der Waals surface area contributed by atoms with Crippen molar-refractivity contribution in [3.63, 3.8) is 0 Å². The molecule has 30 heavy (non-hydrogen) atoms. The third-order valence-electron chi connectivity index (χ3n) is 5.40. The molecule has 3 N–H and O–H groups in total. The number of amides is 2. The van der Waals surface area contributed by atoms with Gasteiger partial charge in [-0.05, 0) is 12.0 Å². The molecule has 0 spiro atoms. The Labute approximate surface area is 174 Å². The molecule has 3 rings (SSSR count). The van der Waals surface area contributed by atoms with Gasteiger partial charge >= 0.3 is 5.69 Å². The number of aromatic nitrogens is 2. The lowest BCUT2D eigenvalue weighted by molar-refractivity contribution is -0.128. The quantitative estimate of drug-likeness (QED) is 0.699. The lowest BCUT2D eigenvalue weighted by Crippen LogP contribution is -2.42. The zero-order valence-electron chi connectivity index (χ0n) is 17.3. The second kappa shape index (κ2) is 8.98. The lowest BCUT2D eigenvalue weighted by atomic mass is 10.1. The Balaban J connectivity index is 1.80. The van der Waals surface area contributed by atoms with Gasteiger partial charge < -0.3 is 15.5 Å². The average Bonchev–Trinajstić information content (AvgIpc) is 3.08. The topological polar surface area (TPSA) is 121 Å². The van der Waals surface area contributed by atoms with Crippen molar-refractivity contribution in [3.05, 3.63) is 56.7 Å². The fourth-order valence-electron chi connectivity index (χ4n) is 3.72. The van der Waals surface area contributed by atoms with Crippen molar-refractivity contribution in [1.82, 2.24) is 14.5 Å². The number of likely N-dealkylation sites (tertiary alicyclic amines) is 1. The molecule has 0 bridgehead atoms. The molecule has 1 saturated heterocycles. The number of carbonyl (C=O) groups excluding carboxylic acids is 2. The third kappa shape index (κ3) is 4.29. The van der Waals surface area contributed by atoms with E-state index in [1.54, 1.807) is 4.90 Å². The van der Waals surface area contributed by atoms with Gasteiger partial charge in [-0.3, -0.25) is 23.9 Å². The molecular weight excluding hydrogens is 386 g/mol. The summed E-state index contributed by atoms with van der Waals surface area (Å²) in [6.07, 6.45) is 1.62. The average molecular weight is 413 g/mol. The van der Waals surface area contributed by atoms with Crippen LogP contribution in [0.3, 0.4) is 0 Å². The van der Waals surface area contributed by atoms with Crippen molar-refractivity contribution < 1.29 is 9.59 Å². The molecule has 1 atom stereocenters. The van der Waals surface area contributed by atoms with Gasteiger partial charge in [-0.15, -0.1) is 0 Å². The van der Waals surface area contributed by atoms with E-state index in [1.807, 2.05) is 37.3 Å². The number of rotatable bonds is 7. The summed E-state index contributed by atoms with van der Waals surface area (Å²) in [6.45, 7) is 3.02. The van der Waals surface area contributed by atoms with E-state index in [1.165, 1.54) is 16.5 Å². The monoisotopic (exact) mass is 413 g/mol. The molecule has 9 heteroatoms. The van der Waals surface area contributed by atoms with Crippen LogP contribution in [0.5, 0.6) is 0 Å². The number of nitrogens with zero attached hydrogens (tertiary/aromatic N) is 3. The summed E-state index contributed by atoms with van der Waals surface area (Å²) in [5.74, 6) is -1.11. The number of nitrogen functional groups attached to an aromatic ring is 1. The van der Waals surface area contributed by atoms with E-state index in [2.05, 4.69) is 4.98 Å². The lowest BCUT2D eigenvalue weighted by Gasteiger charge is -2.23. The van der Waals surface area contributed by atoms with Crippen LogP contribution in [0.1, 0.15) is 31.7 Å². The Morgan fingerprint density at radius 3 is 2.60 bits per heavy atom. The van der Waals surface area contributed by atoms with Gasteiger partial charge in [0.1, 0.15) is 5.82 Å². The van der Waals surface area contributed by atoms with E-state index < -0.39 is 17.2 Å². The van der Waals surface area contributed by atoms with Crippen LogP contribution in [0.4, 0.5) is 11.5 Å². The van der Waals surface area contributed by atoms with Gasteiger partial charge in [0.15, 0.2) is 5.69 Å². The summed E-state index contributed by atoms with van der Waals surface area (Å²) in [6, 6.07) is 9.55. The first-order valence-electron chi connectivity index (χ1n) is 10.0. The normalized spacial score (nSPS) is 16.1. The van der Waals surface area contributed by atoms with Crippen LogP contribution in [0.25, 0.3) is 0 Å². The highest BCUT2D eigenvalue weighted by Crippen LogP contribution is 2.25. The zero-order chi connectivity index (χ0) is 21.8. The van der Waals surface area contributed by atoms with E-state index in [-0.39, 0.29) is 36.3 Å². The summed E-state index contributed by atoms with van der Waals surface area (Å²) in [7, 11) is 1.45. The number of H-pyrrole nitrogens is 1. The number of unbranched alkanes of at least 4 members (excludes halogenated alkanes) is 1. The van der Waals surface area contributed by atoms with E-state index in [0.717, 1.165) is 12.0 Å². The number of benzene rings is 1. The van der Waals surface area contributed by atoms with Crippen molar-refractivity contribution in [2.24, 2.45) is 5.92 Å². The largest absolute Gasteiger partial charge is 0.383 e. The van der Waals surface area contributed by atoms with Crippen LogP contribution < -0.4 is 21.9 Å². The van der Waals surface area contributed by atoms with Crippen molar-refractivity contribution in [2.45, 2.75) is 39.3 Å². The number of hydrogen-bond donors (Lipinski definition) is 2. The second-order valence-electron chi connectivity index (χ2n) is 7.56. The fraction of sp³-hybridized carbons (Fsp3) is 0.429. The zero-order valence-corrected chi connectivity index (χ0v) is 17.3. The van der Waals surface area contributed by atoms with E-state index in [9.17, 15) is 19.2 Å². The molecule has 2 amide bonds. The van der Waals surface area contributed by atoms with Crippen LogP contribution in [0.2, 0.25) is 0 Å². The Bertz CT molecular complexity index is 1040. The molecule has 160 valence electrons. The SMILES string of the molecule is CCCCn1c(N)c(N(C)C(=O)[C@@H]2CC(=O)N(Cc3ccccc3)C2)c(=O)[nH]c1=O. The number of nitrogens with one attached hydrogen (secondary N) is 1. The minimum Gasteiger partial charge on any atom is -0.383 e. The van der Waals surface area contributed by atoms with Crippen molar-refractivity contribution in [1.29, 1.82) is 0 Å². The second-order valence-corrected chi connectivity index (χ2v) is 7.56. The van der Waals surface area contributed by atoms with Crippen LogP contribution in [0.15, 0.2) is 39.9 Å². The third-order valence-corrected chi connectivity index (χ3v) is 5.40. The molecule has 0 saturated carbocycles. The molecule has 0 radical (unpaired) electrons. The van der Waals surface area contributed by atoms with Crippen LogP contribution in [-0.2, 0) is 22.7 Å². The fourth-order valence-corrected chi connectivity index (χ4v) is 3.72. The predicted octanol–water partition coefficient (Wildman–Crippen LogP) is 0.930. The van der Waals surface area contributed by atoms with Crippen LogP contribution >= 0.6 is 0 Å². The standard InChI is InChI=1S/C21H27N5O4/c1-3-4-10-26-18(22)17(19(28)23-21(26)30)24(2)20(29)15-11-16(27)25(13-15)12-14-8-6-5-7-9-14/h5-9,15H,3-4,10-13,22H2,1-2H3,(H,23,28,30)/t15-/m1/s1. The Hall–Kier alpha value is -3.36. The highest BCUT2D eigenvalue weighted by Gasteiger charge is 2.37. The number of hydrogen-bond acceptors (Lipinski definition) is 5. The maximum atomic E-state index is 13.1. The summed E-state index contributed by atoms with van der Waals surface area (Å²) in [5, 5.41) is 0. The van der Waals surface area contributed by atoms with Crippen LogP contribution in [-0.4, -0.2) is 39.9 Å². The van der Waals surface area contributed by atoms with E-state index in [4.69, 9.17) is 5.73 Å². The number of nitrogens with two attached hydrogens (primary N) is 1. The summed E-state index contributed by atoms with van der Waals surface area (Å²) >= 11 is 0. The van der Waals surface area contributed by atoms with Crippen molar-refractivity contribution in [2.75, 3.05) is 24.2 Å².